The summed E-state index contributed by atoms with van der Waals surface area (Å²) in [6, 6.07) is 7.76. The van der Waals surface area contributed by atoms with E-state index in [1.165, 1.54) is 16.9 Å². The van der Waals surface area contributed by atoms with Gasteiger partial charge in [0.1, 0.15) is 5.03 Å². The molecule has 1 amide bonds. The second kappa shape index (κ2) is 6.12. The number of imidazole rings is 1. The lowest BCUT2D eigenvalue weighted by molar-refractivity contribution is -0.118. The number of nitrogens with zero attached hydrogens (tertiary/aromatic N) is 2. The van der Waals surface area contributed by atoms with Crippen LogP contribution in [0.4, 0.5) is 0 Å². The molecule has 3 rings (SSSR count). The molecule has 0 bridgehead atoms. The Balaban J connectivity index is 1.99. The minimum Gasteiger partial charge on any atom is -0.370 e. The maximum absolute atomic E-state index is 11.2. The van der Waals surface area contributed by atoms with Gasteiger partial charge in [0, 0.05) is 22.9 Å². The van der Waals surface area contributed by atoms with E-state index in [4.69, 9.17) is 11.5 Å². The lowest BCUT2D eigenvalue weighted by atomic mass is 10.1. The molecule has 0 saturated heterocycles. The third kappa shape index (κ3) is 3.01. The number of hydrogen-bond donors (Lipinski definition) is 2. The van der Waals surface area contributed by atoms with Gasteiger partial charge in [-0.25, -0.2) is 4.98 Å². The molecule has 0 aliphatic carbocycles. The second-order valence-electron chi connectivity index (χ2n) is 5.05. The van der Waals surface area contributed by atoms with Crippen LogP contribution in [0, 0.1) is 6.92 Å². The number of aryl methyl sites for hydroxylation is 1. The van der Waals surface area contributed by atoms with Crippen LogP contribution in [-0.4, -0.2) is 15.3 Å². The summed E-state index contributed by atoms with van der Waals surface area (Å²) in [5.74, 6) is -0.413. The molecule has 4 N–H and O–H groups in total. The highest BCUT2D eigenvalue weighted by Crippen LogP contribution is 2.35. The van der Waals surface area contributed by atoms with Crippen molar-refractivity contribution in [3.63, 3.8) is 0 Å². The van der Waals surface area contributed by atoms with Crippen LogP contribution in [0.1, 0.15) is 23.7 Å². The van der Waals surface area contributed by atoms with Crippen molar-refractivity contribution in [2.24, 2.45) is 11.5 Å². The van der Waals surface area contributed by atoms with Gasteiger partial charge in [-0.05, 0) is 19.1 Å². The molecule has 5 nitrogen and oxygen atoms in total. The SMILES string of the molecule is Cc1ccc(Sc2nc3sccn3c2C(N)CC(N)=O)cc1. The quantitative estimate of drug-likeness (QED) is 0.752. The maximum Gasteiger partial charge on any atom is 0.219 e. The lowest BCUT2D eigenvalue weighted by Crippen LogP contribution is -2.22. The van der Waals surface area contributed by atoms with Gasteiger partial charge in [0.2, 0.25) is 5.91 Å². The Hall–Kier alpha value is -1.83. The van der Waals surface area contributed by atoms with Gasteiger partial charge in [-0.3, -0.25) is 9.20 Å². The van der Waals surface area contributed by atoms with Crippen LogP contribution in [-0.2, 0) is 4.79 Å². The van der Waals surface area contributed by atoms with Crippen molar-refractivity contribution in [3.05, 3.63) is 47.1 Å². The maximum atomic E-state index is 11.2. The first-order valence-corrected chi connectivity index (χ1v) is 8.48. The average Bonchev–Trinajstić information content (AvgIpc) is 3.00. The van der Waals surface area contributed by atoms with Crippen LogP contribution >= 0.6 is 23.1 Å². The van der Waals surface area contributed by atoms with Gasteiger partial charge in [-0.2, -0.15) is 0 Å². The first kappa shape index (κ1) is 15.1. The molecule has 0 fully saturated rings. The summed E-state index contributed by atoms with van der Waals surface area (Å²) >= 11 is 3.09. The summed E-state index contributed by atoms with van der Waals surface area (Å²) in [6.07, 6.45) is 2.02. The fraction of sp³-hybridized carbons (Fsp3) is 0.200. The number of benzene rings is 1. The summed E-state index contributed by atoms with van der Waals surface area (Å²) in [5.41, 5.74) is 13.5. The molecular formula is C15H16N4OS2. The Morgan fingerprint density at radius 1 is 1.41 bits per heavy atom. The van der Waals surface area contributed by atoms with E-state index in [0.29, 0.717) is 0 Å². The molecule has 0 radical (unpaired) electrons. The highest BCUT2D eigenvalue weighted by atomic mass is 32.2. The van der Waals surface area contributed by atoms with Gasteiger partial charge in [-0.15, -0.1) is 11.3 Å². The summed E-state index contributed by atoms with van der Waals surface area (Å²) in [6.45, 7) is 2.05. The van der Waals surface area contributed by atoms with Crippen LogP contribution in [0.2, 0.25) is 0 Å². The lowest BCUT2D eigenvalue weighted by Gasteiger charge is -2.11. The molecule has 1 aromatic carbocycles. The zero-order valence-corrected chi connectivity index (χ0v) is 13.7. The molecule has 3 aromatic rings. The number of thiazole rings is 1. The minimum absolute atomic E-state index is 0.102. The Morgan fingerprint density at radius 3 is 2.82 bits per heavy atom. The zero-order valence-electron chi connectivity index (χ0n) is 12.0. The molecule has 2 aromatic heterocycles. The summed E-state index contributed by atoms with van der Waals surface area (Å²) < 4.78 is 1.94. The van der Waals surface area contributed by atoms with E-state index in [1.807, 2.05) is 16.0 Å². The number of primary amides is 1. The van der Waals surface area contributed by atoms with Crippen molar-refractivity contribution in [2.75, 3.05) is 0 Å². The van der Waals surface area contributed by atoms with E-state index in [-0.39, 0.29) is 6.42 Å². The average molecular weight is 332 g/mol. The number of carbonyl (C=O) groups excluding carboxylic acids is 1. The predicted octanol–water partition coefficient (Wildman–Crippen LogP) is 2.73. The number of hydrogen-bond acceptors (Lipinski definition) is 5. The summed E-state index contributed by atoms with van der Waals surface area (Å²) in [5, 5.41) is 2.77. The first-order chi connectivity index (χ1) is 10.5. The Kier molecular flexibility index (Phi) is 4.19. The smallest absolute Gasteiger partial charge is 0.219 e. The van der Waals surface area contributed by atoms with Gasteiger partial charge in [-0.1, -0.05) is 29.5 Å². The molecule has 1 atom stereocenters. The molecule has 114 valence electrons. The van der Waals surface area contributed by atoms with E-state index in [0.717, 1.165) is 20.6 Å². The molecule has 0 aliphatic heterocycles. The number of nitrogens with two attached hydrogens (primary N) is 2. The molecule has 2 heterocycles. The van der Waals surface area contributed by atoms with E-state index >= 15 is 0 Å². The molecule has 1 unspecified atom stereocenters. The Morgan fingerprint density at radius 2 is 2.14 bits per heavy atom. The van der Waals surface area contributed by atoms with Crippen LogP contribution in [0.5, 0.6) is 0 Å². The van der Waals surface area contributed by atoms with E-state index in [1.54, 1.807) is 11.8 Å². The normalized spacial score (nSPS) is 12.6. The fourth-order valence-electron chi connectivity index (χ4n) is 2.23. The third-order valence-corrected chi connectivity index (χ3v) is 5.03. The predicted molar refractivity (Wildman–Crippen MR) is 89.1 cm³/mol. The summed E-state index contributed by atoms with van der Waals surface area (Å²) in [4.78, 5) is 17.8. The fourth-order valence-corrected chi connectivity index (χ4v) is 3.99. The number of rotatable bonds is 5. The van der Waals surface area contributed by atoms with Crippen LogP contribution in [0.15, 0.2) is 45.8 Å². The second-order valence-corrected chi connectivity index (χ2v) is 6.99. The number of fused-ring (bicyclic) bond motifs is 1. The van der Waals surface area contributed by atoms with Crippen molar-refractivity contribution in [2.45, 2.75) is 29.3 Å². The number of aromatic nitrogens is 2. The zero-order chi connectivity index (χ0) is 15.7. The van der Waals surface area contributed by atoms with E-state index < -0.39 is 11.9 Å². The van der Waals surface area contributed by atoms with E-state index in [2.05, 4.69) is 36.2 Å². The van der Waals surface area contributed by atoms with Gasteiger partial charge < -0.3 is 11.5 Å². The minimum atomic E-state index is -0.463. The summed E-state index contributed by atoms with van der Waals surface area (Å²) in [7, 11) is 0. The first-order valence-electron chi connectivity index (χ1n) is 6.78. The molecular weight excluding hydrogens is 316 g/mol. The highest BCUT2D eigenvalue weighted by Gasteiger charge is 2.21. The molecule has 7 heteroatoms. The van der Waals surface area contributed by atoms with Crippen molar-refractivity contribution in [3.8, 4) is 0 Å². The Bertz CT molecular complexity index is 807. The molecule has 0 aliphatic rings. The number of amides is 1. The van der Waals surface area contributed by atoms with Crippen LogP contribution in [0.3, 0.4) is 0 Å². The van der Waals surface area contributed by atoms with Crippen LogP contribution < -0.4 is 11.5 Å². The van der Waals surface area contributed by atoms with Crippen molar-refractivity contribution < 1.29 is 4.79 Å². The highest BCUT2D eigenvalue weighted by molar-refractivity contribution is 7.99. The van der Waals surface area contributed by atoms with Gasteiger partial charge in [0.05, 0.1) is 11.7 Å². The van der Waals surface area contributed by atoms with Gasteiger partial charge in [0.15, 0.2) is 4.96 Å². The molecule has 0 saturated carbocycles. The van der Waals surface area contributed by atoms with Crippen molar-refractivity contribution in [1.82, 2.24) is 9.38 Å². The van der Waals surface area contributed by atoms with Crippen LogP contribution in [0.25, 0.3) is 4.96 Å². The Labute approximate surface area is 136 Å². The van der Waals surface area contributed by atoms with E-state index in [9.17, 15) is 4.79 Å². The monoisotopic (exact) mass is 332 g/mol. The van der Waals surface area contributed by atoms with Gasteiger partial charge in [0.25, 0.3) is 0 Å². The third-order valence-electron chi connectivity index (χ3n) is 3.27. The number of carbonyl (C=O) groups is 1. The molecule has 0 spiro atoms. The van der Waals surface area contributed by atoms with Gasteiger partial charge >= 0.3 is 0 Å². The van der Waals surface area contributed by atoms with Crippen molar-refractivity contribution in [1.29, 1.82) is 0 Å². The standard InChI is InChI=1S/C15H16N4OS2/c1-9-2-4-10(5-3-9)22-14-13(11(16)8-12(17)20)19-6-7-21-15(19)18-14/h2-7,11H,8,16H2,1H3,(H2,17,20). The molecule has 22 heavy (non-hydrogen) atoms. The van der Waals surface area contributed by atoms with Crippen molar-refractivity contribution >= 4 is 34.0 Å². The topological polar surface area (TPSA) is 86.4 Å². The largest absolute Gasteiger partial charge is 0.370 e.